The van der Waals surface area contributed by atoms with Crippen molar-refractivity contribution in [3.05, 3.63) is 24.1 Å². The number of aromatic nitrogens is 1. The number of aliphatic carboxylic acids is 1. The Balaban J connectivity index is 2.71. The van der Waals surface area contributed by atoms with Crippen molar-refractivity contribution in [2.75, 3.05) is 11.9 Å². The highest BCUT2D eigenvalue weighted by atomic mass is 19.1. The summed E-state index contributed by atoms with van der Waals surface area (Å²) in [5.41, 5.74) is 0. The second-order valence-electron chi connectivity index (χ2n) is 3.39. The van der Waals surface area contributed by atoms with Crippen LogP contribution in [-0.4, -0.2) is 29.1 Å². The molecule has 82 valence electrons. The summed E-state index contributed by atoms with van der Waals surface area (Å²) in [5, 5.41) is 8.62. The maximum atomic E-state index is 12.6. The minimum absolute atomic E-state index is 0.0234. The topological polar surface area (TPSA) is 53.4 Å². The van der Waals surface area contributed by atoms with Crippen LogP contribution in [-0.2, 0) is 4.79 Å². The van der Waals surface area contributed by atoms with E-state index >= 15 is 0 Å². The van der Waals surface area contributed by atoms with E-state index in [1.165, 1.54) is 12.1 Å². The van der Waals surface area contributed by atoms with Crippen molar-refractivity contribution in [2.45, 2.75) is 19.4 Å². The Labute approximate surface area is 87.4 Å². The maximum absolute atomic E-state index is 12.6. The molecule has 5 heteroatoms. The van der Waals surface area contributed by atoms with Gasteiger partial charge in [0.25, 0.3) is 0 Å². The number of carboxylic acid groups (broad SMARTS) is 1. The normalized spacial score (nSPS) is 12.2. The fourth-order valence-electron chi connectivity index (χ4n) is 1.19. The number of pyridine rings is 1. The number of hydrogen-bond acceptors (Lipinski definition) is 3. The number of carboxylic acids is 1. The molecule has 1 aromatic rings. The molecule has 0 aliphatic rings. The number of halogens is 1. The molecule has 0 amide bonds. The van der Waals surface area contributed by atoms with Crippen LogP contribution in [0.15, 0.2) is 18.3 Å². The van der Waals surface area contributed by atoms with Gasteiger partial charge in [0.05, 0.1) is 12.6 Å². The first-order valence-corrected chi connectivity index (χ1v) is 4.57. The van der Waals surface area contributed by atoms with Gasteiger partial charge >= 0.3 is 5.97 Å². The van der Waals surface area contributed by atoms with Crippen molar-refractivity contribution in [2.24, 2.45) is 0 Å². The van der Waals surface area contributed by atoms with Crippen molar-refractivity contribution in [3.63, 3.8) is 0 Å². The maximum Gasteiger partial charge on any atom is 0.305 e. The molecule has 0 spiro atoms. The first-order chi connectivity index (χ1) is 7.00. The predicted octanol–water partition coefficient (Wildman–Crippen LogP) is 1.52. The molecular weight excluding hydrogens is 199 g/mol. The molecule has 1 rings (SSSR count). The Morgan fingerprint density at radius 3 is 2.80 bits per heavy atom. The zero-order chi connectivity index (χ0) is 11.4. The molecular formula is C10H13FN2O2. The van der Waals surface area contributed by atoms with Crippen LogP contribution in [0.1, 0.15) is 13.3 Å². The zero-order valence-electron chi connectivity index (χ0n) is 8.64. The first-order valence-electron chi connectivity index (χ1n) is 4.57. The van der Waals surface area contributed by atoms with Crippen LogP contribution in [0, 0.1) is 5.82 Å². The van der Waals surface area contributed by atoms with Crippen LogP contribution in [0.3, 0.4) is 0 Å². The molecule has 1 unspecified atom stereocenters. The fourth-order valence-corrected chi connectivity index (χ4v) is 1.19. The average Bonchev–Trinajstić information content (AvgIpc) is 2.17. The van der Waals surface area contributed by atoms with Crippen LogP contribution >= 0.6 is 0 Å². The highest BCUT2D eigenvalue weighted by molar-refractivity contribution is 5.68. The Morgan fingerprint density at radius 1 is 1.67 bits per heavy atom. The molecule has 1 atom stereocenters. The van der Waals surface area contributed by atoms with Crippen LogP contribution < -0.4 is 4.90 Å². The van der Waals surface area contributed by atoms with E-state index in [4.69, 9.17) is 5.11 Å². The lowest BCUT2D eigenvalue weighted by Crippen LogP contribution is -2.31. The number of nitrogens with zero attached hydrogens (tertiary/aromatic N) is 2. The lowest BCUT2D eigenvalue weighted by atomic mass is 10.2. The number of hydrogen-bond donors (Lipinski definition) is 1. The first kappa shape index (κ1) is 11.4. The Morgan fingerprint density at radius 2 is 2.33 bits per heavy atom. The molecule has 0 aliphatic heterocycles. The molecule has 1 heterocycles. The van der Waals surface area contributed by atoms with E-state index in [9.17, 15) is 9.18 Å². The molecule has 4 nitrogen and oxygen atoms in total. The fraction of sp³-hybridized carbons (Fsp3) is 0.400. The summed E-state index contributed by atoms with van der Waals surface area (Å²) in [5.74, 6) is -0.709. The van der Waals surface area contributed by atoms with Gasteiger partial charge in [0, 0.05) is 13.1 Å². The molecule has 1 N–H and O–H groups in total. The van der Waals surface area contributed by atoms with E-state index in [-0.39, 0.29) is 12.5 Å². The van der Waals surface area contributed by atoms with Gasteiger partial charge in [-0.25, -0.2) is 9.37 Å². The SMILES string of the molecule is CC(CC(=O)O)N(C)c1ccc(F)cn1. The number of carbonyl (C=O) groups is 1. The van der Waals surface area contributed by atoms with Gasteiger partial charge in [-0.1, -0.05) is 0 Å². The van der Waals surface area contributed by atoms with Gasteiger partial charge in [0.2, 0.25) is 0 Å². The standard InChI is InChI=1S/C10H13FN2O2/c1-7(5-10(14)15)13(2)9-4-3-8(11)6-12-9/h3-4,6-7H,5H2,1-2H3,(H,14,15). The van der Waals surface area contributed by atoms with E-state index in [1.807, 2.05) is 0 Å². The van der Waals surface area contributed by atoms with Crippen LogP contribution in [0.25, 0.3) is 0 Å². The highest BCUT2D eigenvalue weighted by Gasteiger charge is 2.14. The van der Waals surface area contributed by atoms with Gasteiger partial charge in [-0.3, -0.25) is 4.79 Å². The van der Waals surface area contributed by atoms with Gasteiger partial charge in [-0.05, 0) is 19.1 Å². The lowest BCUT2D eigenvalue weighted by Gasteiger charge is -2.24. The summed E-state index contributed by atoms with van der Waals surface area (Å²) in [6, 6.07) is 2.64. The van der Waals surface area contributed by atoms with Crippen molar-refractivity contribution < 1.29 is 14.3 Å². The molecule has 0 saturated carbocycles. The van der Waals surface area contributed by atoms with E-state index in [0.717, 1.165) is 6.20 Å². The van der Waals surface area contributed by atoms with Gasteiger partial charge < -0.3 is 10.0 Å². The summed E-state index contributed by atoms with van der Waals surface area (Å²) < 4.78 is 12.6. The summed E-state index contributed by atoms with van der Waals surface area (Å²) in [4.78, 5) is 16.1. The third-order valence-electron chi connectivity index (χ3n) is 2.20. The quantitative estimate of drug-likeness (QED) is 0.822. The largest absolute Gasteiger partial charge is 0.481 e. The summed E-state index contributed by atoms with van der Waals surface area (Å²) in [6.07, 6.45) is 1.13. The van der Waals surface area contributed by atoms with Gasteiger partial charge in [-0.15, -0.1) is 0 Å². The van der Waals surface area contributed by atoms with Crippen molar-refractivity contribution in [1.29, 1.82) is 0 Å². The molecule has 0 aliphatic carbocycles. The molecule has 0 aromatic carbocycles. The van der Waals surface area contributed by atoms with Crippen molar-refractivity contribution in [1.82, 2.24) is 4.98 Å². The molecule has 0 bridgehead atoms. The molecule has 0 radical (unpaired) electrons. The summed E-state index contributed by atoms with van der Waals surface area (Å²) in [7, 11) is 1.73. The van der Waals surface area contributed by atoms with E-state index < -0.39 is 11.8 Å². The second-order valence-corrected chi connectivity index (χ2v) is 3.39. The molecule has 1 aromatic heterocycles. The van der Waals surface area contributed by atoms with E-state index in [2.05, 4.69) is 4.98 Å². The zero-order valence-corrected chi connectivity index (χ0v) is 8.64. The summed E-state index contributed by atoms with van der Waals surface area (Å²) in [6.45, 7) is 1.78. The van der Waals surface area contributed by atoms with Crippen LogP contribution in [0.2, 0.25) is 0 Å². The third kappa shape index (κ3) is 3.19. The molecule has 15 heavy (non-hydrogen) atoms. The lowest BCUT2D eigenvalue weighted by molar-refractivity contribution is -0.137. The Hall–Kier alpha value is -1.65. The van der Waals surface area contributed by atoms with Crippen LogP contribution in [0.5, 0.6) is 0 Å². The van der Waals surface area contributed by atoms with E-state index in [0.29, 0.717) is 5.82 Å². The monoisotopic (exact) mass is 212 g/mol. The average molecular weight is 212 g/mol. The summed E-state index contributed by atoms with van der Waals surface area (Å²) >= 11 is 0. The number of rotatable bonds is 4. The molecule has 0 saturated heterocycles. The highest BCUT2D eigenvalue weighted by Crippen LogP contribution is 2.13. The van der Waals surface area contributed by atoms with Gasteiger partial charge in [-0.2, -0.15) is 0 Å². The van der Waals surface area contributed by atoms with Gasteiger partial charge in [0.1, 0.15) is 11.6 Å². The second kappa shape index (κ2) is 4.72. The predicted molar refractivity (Wildman–Crippen MR) is 54.3 cm³/mol. The smallest absolute Gasteiger partial charge is 0.305 e. The Bertz CT molecular complexity index is 340. The van der Waals surface area contributed by atoms with Crippen molar-refractivity contribution >= 4 is 11.8 Å². The minimum Gasteiger partial charge on any atom is -0.481 e. The van der Waals surface area contributed by atoms with Gasteiger partial charge in [0.15, 0.2) is 0 Å². The third-order valence-corrected chi connectivity index (χ3v) is 2.20. The molecule has 0 fully saturated rings. The number of anilines is 1. The van der Waals surface area contributed by atoms with Crippen molar-refractivity contribution in [3.8, 4) is 0 Å². The van der Waals surface area contributed by atoms with E-state index in [1.54, 1.807) is 18.9 Å². The van der Waals surface area contributed by atoms with Crippen LogP contribution in [0.4, 0.5) is 10.2 Å². The Kier molecular flexibility index (Phi) is 3.60. The minimum atomic E-state index is -0.864.